The SMILES string of the molecule is [C-]#[N+]C(Br)P(=O)(OCC)OCC. The van der Waals surface area contributed by atoms with Crippen LogP contribution < -0.4 is 0 Å². The minimum atomic E-state index is -3.25. The highest BCUT2D eigenvalue weighted by atomic mass is 79.9. The van der Waals surface area contributed by atoms with Gasteiger partial charge in [0, 0.05) is 15.9 Å². The van der Waals surface area contributed by atoms with Crippen LogP contribution >= 0.6 is 23.5 Å². The second-order valence-electron chi connectivity index (χ2n) is 1.82. The molecule has 0 fully saturated rings. The summed E-state index contributed by atoms with van der Waals surface area (Å²) in [5.74, 6) is 0. The van der Waals surface area contributed by atoms with Crippen molar-refractivity contribution in [1.82, 2.24) is 0 Å². The molecule has 0 radical (unpaired) electrons. The molecule has 0 amide bonds. The van der Waals surface area contributed by atoms with Crippen LogP contribution in [0.2, 0.25) is 0 Å². The summed E-state index contributed by atoms with van der Waals surface area (Å²) in [6, 6.07) is 0. The van der Waals surface area contributed by atoms with Crippen LogP contribution in [-0.2, 0) is 13.6 Å². The van der Waals surface area contributed by atoms with Gasteiger partial charge in [-0.2, -0.15) is 0 Å². The highest BCUT2D eigenvalue weighted by Crippen LogP contribution is 2.55. The van der Waals surface area contributed by atoms with Crippen molar-refractivity contribution in [2.45, 2.75) is 18.5 Å². The molecule has 0 aliphatic heterocycles. The van der Waals surface area contributed by atoms with Crippen molar-refractivity contribution in [1.29, 1.82) is 0 Å². The third-order valence-corrected chi connectivity index (χ3v) is 4.57. The molecule has 0 rings (SSSR count). The van der Waals surface area contributed by atoms with Crippen LogP contribution in [0.3, 0.4) is 0 Å². The average molecular weight is 256 g/mol. The first-order valence-electron chi connectivity index (χ1n) is 3.50. The molecule has 0 aromatic rings. The molecule has 0 saturated carbocycles. The minimum absolute atomic E-state index is 0.273. The second kappa shape index (κ2) is 5.71. The van der Waals surface area contributed by atoms with Crippen LogP contribution in [0.4, 0.5) is 0 Å². The van der Waals surface area contributed by atoms with E-state index in [1.165, 1.54) is 0 Å². The van der Waals surface area contributed by atoms with E-state index in [2.05, 4.69) is 20.8 Å². The Kier molecular flexibility index (Phi) is 5.77. The molecule has 0 N–H and O–H groups in total. The zero-order valence-corrected chi connectivity index (χ0v) is 9.47. The summed E-state index contributed by atoms with van der Waals surface area (Å²) >= 11 is 2.93. The fraction of sp³-hybridized carbons (Fsp3) is 0.833. The first kappa shape index (κ1) is 12.1. The summed E-state index contributed by atoms with van der Waals surface area (Å²) < 4.78 is 20.5. The van der Waals surface area contributed by atoms with Crippen molar-refractivity contribution in [3.05, 3.63) is 11.4 Å². The van der Waals surface area contributed by atoms with Crippen LogP contribution in [-0.4, -0.2) is 17.9 Å². The Bertz CT molecular complexity index is 205. The molecule has 0 saturated heterocycles. The van der Waals surface area contributed by atoms with Crippen molar-refractivity contribution in [3.63, 3.8) is 0 Å². The van der Waals surface area contributed by atoms with Gasteiger partial charge in [-0.3, -0.25) is 9.41 Å². The van der Waals surface area contributed by atoms with E-state index in [-0.39, 0.29) is 13.2 Å². The standard InChI is InChI=1S/C6H11BrNO3P/c1-4-10-12(9,11-5-2)6(7)8-3/h6H,4-5H2,1-2H3. The Balaban J connectivity index is 4.40. The summed E-state index contributed by atoms with van der Waals surface area (Å²) in [6.07, 6.45) is 0. The lowest BCUT2D eigenvalue weighted by Gasteiger charge is -2.13. The Morgan fingerprint density at radius 2 is 1.92 bits per heavy atom. The maximum Gasteiger partial charge on any atom is 0.424 e. The number of nitrogens with zero attached hydrogens (tertiary/aromatic N) is 1. The predicted octanol–water partition coefficient (Wildman–Crippen LogP) is 2.85. The van der Waals surface area contributed by atoms with Crippen molar-refractivity contribution >= 4 is 23.5 Å². The molecular weight excluding hydrogens is 245 g/mol. The monoisotopic (exact) mass is 255 g/mol. The summed E-state index contributed by atoms with van der Waals surface area (Å²) in [5.41, 5.74) is 0. The number of hydrogen-bond donors (Lipinski definition) is 0. The minimum Gasteiger partial charge on any atom is -0.303 e. The maximum absolute atomic E-state index is 11.6. The van der Waals surface area contributed by atoms with Gasteiger partial charge in [-0.15, -0.1) is 0 Å². The highest BCUT2D eigenvalue weighted by molar-refractivity contribution is 9.10. The summed E-state index contributed by atoms with van der Waals surface area (Å²) in [5, 5.41) is 0. The molecule has 0 aromatic heterocycles. The number of hydrogen-bond acceptors (Lipinski definition) is 3. The van der Waals surface area contributed by atoms with Gasteiger partial charge in [0.05, 0.1) is 13.2 Å². The van der Waals surface area contributed by atoms with Gasteiger partial charge in [0.2, 0.25) is 0 Å². The summed E-state index contributed by atoms with van der Waals surface area (Å²) in [4.78, 5) is 3.05. The molecule has 0 heterocycles. The largest absolute Gasteiger partial charge is 0.424 e. The number of rotatable bonds is 5. The number of alkyl halides is 1. The molecule has 0 spiro atoms. The molecule has 1 unspecified atom stereocenters. The lowest BCUT2D eigenvalue weighted by molar-refractivity contribution is 0.221. The molecule has 1 atom stereocenters. The van der Waals surface area contributed by atoms with Crippen LogP contribution in [0.5, 0.6) is 0 Å². The van der Waals surface area contributed by atoms with Crippen molar-refractivity contribution in [3.8, 4) is 0 Å². The van der Waals surface area contributed by atoms with Crippen LogP contribution in [0.25, 0.3) is 4.85 Å². The van der Waals surface area contributed by atoms with Crippen LogP contribution in [0.1, 0.15) is 13.8 Å². The topological polar surface area (TPSA) is 39.9 Å². The van der Waals surface area contributed by atoms with E-state index in [1.807, 2.05) is 0 Å². The van der Waals surface area contributed by atoms with E-state index in [4.69, 9.17) is 15.6 Å². The van der Waals surface area contributed by atoms with Gasteiger partial charge in [-0.05, 0) is 13.8 Å². The first-order chi connectivity index (χ1) is 5.60. The van der Waals surface area contributed by atoms with E-state index in [9.17, 15) is 4.57 Å². The Morgan fingerprint density at radius 1 is 1.50 bits per heavy atom. The van der Waals surface area contributed by atoms with Gasteiger partial charge >= 0.3 is 12.3 Å². The Labute approximate surface area is 80.7 Å². The van der Waals surface area contributed by atoms with Gasteiger partial charge in [0.25, 0.3) is 0 Å². The molecule has 6 heteroatoms. The van der Waals surface area contributed by atoms with Crippen molar-refractivity contribution in [2.24, 2.45) is 0 Å². The fourth-order valence-corrected chi connectivity index (χ4v) is 2.48. The molecule has 0 aromatic carbocycles. The molecule has 0 aliphatic carbocycles. The van der Waals surface area contributed by atoms with Crippen molar-refractivity contribution < 1.29 is 13.6 Å². The first-order valence-corrected chi connectivity index (χ1v) is 6.03. The lowest BCUT2D eigenvalue weighted by atomic mass is 10.9. The van der Waals surface area contributed by atoms with E-state index in [1.54, 1.807) is 13.8 Å². The molecule has 0 aliphatic rings. The Hall–Kier alpha value is 0.120. The highest BCUT2D eigenvalue weighted by Gasteiger charge is 2.38. The zero-order valence-electron chi connectivity index (χ0n) is 6.99. The molecule has 4 nitrogen and oxygen atoms in total. The predicted molar refractivity (Wildman–Crippen MR) is 50.2 cm³/mol. The van der Waals surface area contributed by atoms with Crippen molar-refractivity contribution in [2.75, 3.05) is 13.2 Å². The second-order valence-corrected chi connectivity index (χ2v) is 5.48. The van der Waals surface area contributed by atoms with Gasteiger partial charge in [-0.1, -0.05) is 0 Å². The third kappa shape index (κ3) is 3.24. The molecule has 12 heavy (non-hydrogen) atoms. The number of halogens is 1. The normalized spacial score (nSPS) is 13.8. The van der Waals surface area contributed by atoms with E-state index in [0.717, 1.165) is 0 Å². The maximum atomic E-state index is 11.6. The summed E-state index contributed by atoms with van der Waals surface area (Å²) in [6.45, 7) is 10.6. The van der Waals surface area contributed by atoms with Gasteiger partial charge < -0.3 is 9.05 Å². The fourth-order valence-electron chi connectivity index (χ4n) is 0.591. The van der Waals surface area contributed by atoms with Crippen LogP contribution in [0, 0.1) is 6.57 Å². The van der Waals surface area contributed by atoms with Gasteiger partial charge in [0.15, 0.2) is 0 Å². The van der Waals surface area contributed by atoms with E-state index < -0.39 is 12.3 Å². The summed E-state index contributed by atoms with van der Waals surface area (Å²) in [7, 11) is -3.25. The quantitative estimate of drug-likeness (QED) is 0.328. The van der Waals surface area contributed by atoms with Gasteiger partial charge in [0.1, 0.15) is 0 Å². The molecule has 0 bridgehead atoms. The average Bonchev–Trinajstić information content (AvgIpc) is 2.04. The lowest BCUT2D eigenvalue weighted by Crippen LogP contribution is -2.02. The van der Waals surface area contributed by atoms with Crippen LogP contribution in [0.15, 0.2) is 0 Å². The molecule has 70 valence electrons. The smallest absolute Gasteiger partial charge is 0.303 e. The zero-order chi connectivity index (χ0) is 9.61. The van der Waals surface area contributed by atoms with E-state index >= 15 is 0 Å². The van der Waals surface area contributed by atoms with E-state index in [0.29, 0.717) is 0 Å². The third-order valence-electron chi connectivity index (χ3n) is 0.986. The van der Waals surface area contributed by atoms with Gasteiger partial charge in [-0.25, -0.2) is 6.57 Å². The molecular formula is C6H11BrNO3P. The Morgan fingerprint density at radius 3 is 2.17 bits per heavy atom.